The zero-order chi connectivity index (χ0) is 14.8. The molecule has 0 aromatic heterocycles. The van der Waals surface area contributed by atoms with Gasteiger partial charge in [0.15, 0.2) is 0 Å². The molecule has 1 aromatic carbocycles. The summed E-state index contributed by atoms with van der Waals surface area (Å²) in [6.45, 7) is 5.85. The van der Waals surface area contributed by atoms with Crippen molar-refractivity contribution >= 4 is 28.0 Å². The average Bonchev–Trinajstić information content (AvgIpc) is 2.45. The summed E-state index contributed by atoms with van der Waals surface area (Å²) in [5.74, 6) is 0. The fourth-order valence-corrected chi connectivity index (χ4v) is 2.07. The van der Waals surface area contributed by atoms with Crippen LogP contribution in [0.3, 0.4) is 0 Å². The summed E-state index contributed by atoms with van der Waals surface area (Å²) in [6, 6.07) is 7.92. The first-order valence-corrected chi connectivity index (χ1v) is 7.94. The first-order valence-electron chi connectivity index (χ1n) is 7.15. The van der Waals surface area contributed by atoms with Crippen molar-refractivity contribution in [1.82, 2.24) is 10.2 Å². The van der Waals surface area contributed by atoms with Crippen LogP contribution in [0.1, 0.15) is 38.7 Å². The molecule has 110 valence electrons. The van der Waals surface area contributed by atoms with Crippen molar-refractivity contribution in [3.8, 4) is 0 Å². The maximum Gasteiger partial charge on any atom is 0.321 e. The van der Waals surface area contributed by atoms with Crippen molar-refractivity contribution in [2.45, 2.75) is 33.1 Å². The van der Waals surface area contributed by atoms with Gasteiger partial charge in [-0.25, -0.2) is 4.79 Å². The number of halogens is 1. The van der Waals surface area contributed by atoms with Crippen molar-refractivity contribution in [1.29, 1.82) is 0 Å². The number of rotatable bonds is 7. The van der Waals surface area contributed by atoms with Crippen LogP contribution < -0.4 is 5.32 Å². The van der Waals surface area contributed by atoms with Gasteiger partial charge >= 0.3 is 6.03 Å². The number of carbonyl (C=O) groups excluding carboxylic acids is 1. The van der Waals surface area contributed by atoms with Gasteiger partial charge in [0, 0.05) is 23.8 Å². The topological polar surface area (TPSA) is 32.3 Å². The van der Waals surface area contributed by atoms with Crippen molar-refractivity contribution in [2.24, 2.45) is 0 Å². The Morgan fingerprint density at radius 2 is 1.90 bits per heavy atom. The van der Waals surface area contributed by atoms with E-state index in [9.17, 15) is 4.79 Å². The van der Waals surface area contributed by atoms with E-state index in [-0.39, 0.29) is 6.03 Å². The smallest absolute Gasteiger partial charge is 0.321 e. The normalized spacial score (nSPS) is 10.8. The number of urea groups is 1. The lowest BCUT2D eigenvalue weighted by Gasteiger charge is -2.21. The van der Waals surface area contributed by atoms with Gasteiger partial charge in [0.1, 0.15) is 0 Å². The summed E-state index contributed by atoms with van der Waals surface area (Å²) < 4.78 is 1.05. The third-order valence-corrected chi connectivity index (χ3v) is 3.44. The first kappa shape index (κ1) is 16.8. The second-order valence-corrected chi connectivity index (χ2v) is 5.59. The van der Waals surface area contributed by atoms with Gasteiger partial charge < -0.3 is 10.2 Å². The van der Waals surface area contributed by atoms with Crippen LogP contribution in [0.4, 0.5) is 4.79 Å². The van der Waals surface area contributed by atoms with E-state index in [2.05, 4.69) is 35.1 Å². The third-order valence-electron chi connectivity index (χ3n) is 2.91. The molecule has 0 unspecified atom stereocenters. The van der Waals surface area contributed by atoms with Crippen molar-refractivity contribution in [3.63, 3.8) is 0 Å². The van der Waals surface area contributed by atoms with Crippen LogP contribution in [0, 0.1) is 0 Å². The van der Waals surface area contributed by atoms with Gasteiger partial charge in [-0.1, -0.05) is 48.3 Å². The van der Waals surface area contributed by atoms with Gasteiger partial charge in [0.25, 0.3) is 0 Å². The Bertz CT molecular complexity index is 429. The van der Waals surface area contributed by atoms with Crippen LogP contribution in [0.2, 0.25) is 0 Å². The number of nitrogens with zero attached hydrogens (tertiary/aromatic N) is 1. The molecule has 0 fully saturated rings. The predicted molar refractivity (Wildman–Crippen MR) is 88.5 cm³/mol. The molecule has 0 aliphatic carbocycles. The maximum absolute atomic E-state index is 12.0. The minimum atomic E-state index is -0.0198. The average molecular weight is 339 g/mol. The van der Waals surface area contributed by atoms with E-state index in [4.69, 9.17) is 0 Å². The lowest BCUT2D eigenvalue weighted by molar-refractivity contribution is 0.200. The zero-order valence-corrected chi connectivity index (χ0v) is 13.8. The molecule has 0 radical (unpaired) electrons. The number of hydrogen-bond acceptors (Lipinski definition) is 1. The van der Waals surface area contributed by atoms with Gasteiger partial charge in [-0.3, -0.25) is 0 Å². The van der Waals surface area contributed by atoms with Gasteiger partial charge in [0.2, 0.25) is 0 Å². The van der Waals surface area contributed by atoms with Gasteiger partial charge in [-0.15, -0.1) is 0 Å². The van der Waals surface area contributed by atoms with Gasteiger partial charge in [-0.05, 0) is 36.6 Å². The van der Waals surface area contributed by atoms with E-state index in [1.807, 2.05) is 35.2 Å². The van der Waals surface area contributed by atoms with E-state index in [0.29, 0.717) is 0 Å². The van der Waals surface area contributed by atoms with Gasteiger partial charge in [0.05, 0.1) is 0 Å². The minimum Gasteiger partial charge on any atom is -0.325 e. The van der Waals surface area contributed by atoms with E-state index in [1.165, 1.54) is 0 Å². The zero-order valence-electron chi connectivity index (χ0n) is 12.2. The molecule has 1 aromatic rings. The number of benzene rings is 1. The summed E-state index contributed by atoms with van der Waals surface area (Å²) >= 11 is 3.40. The maximum atomic E-state index is 12.0. The quantitative estimate of drug-likeness (QED) is 0.771. The number of amides is 2. The van der Waals surface area contributed by atoms with E-state index in [1.54, 1.807) is 6.20 Å². The van der Waals surface area contributed by atoms with Crippen molar-refractivity contribution < 1.29 is 4.79 Å². The molecule has 0 saturated heterocycles. The molecule has 0 bridgehead atoms. The fraction of sp³-hybridized carbons (Fsp3) is 0.438. The monoisotopic (exact) mass is 338 g/mol. The predicted octanol–water partition coefficient (Wildman–Crippen LogP) is 4.64. The second kappa shape index (κ2) is 9.59. The van der Waals surface area contributed by atoms with Crippen LogP contribution in [0.15, 0.2) is 34.9 Å². The second-order valence-electron chi connectivity index (χ2n) is 4.67. The summed E-state index contributed by atoms with van der Waals surface area (Å²) in [5.41, 5.74) is 1.06. The number of carbonyl (C=O) groups is 1. The number of nitrogens with one attached hydrogen (secondary N) is 1. The van der Waals surface area contributed by atoms with Crippen molar-refractivity contribution in [2.75, 3.05) is 13.1 Å². The van der Waals surface area contributed by atoms with Crippen molar-refractivity contribution in [3.05, 3.63) is 40.5 Å². The highest BCUT2D eigenvalue weighted by molar-refractivity contribution is 9.10. The molecule has 1 rings (SSSR count). The molecule has 1 N–H and O–H groups in total. The Hall–Kier alpha value is -1.29. The summed E-state index contributed by atoms with van der Waals surface area (Å²) in [5, 5.41) is 2.83. The third kappa shape index (κ3) is 6.24. The first-order chi connectivity index (χ1) is 9.67. The van der Waals surface area contributed by atoms with Gasteiger partial charge in [-0.2, -0.15) is 0 Å². The fourth-order valence-electron chi connectivity index (χ4n) is 1.81. The van der Waals surface area contributed by atoms with E-state index >= 15 is 0 Å². The lowest BCUT2D eigenvalue weighted by Crippen LogP contribution is -2.38. The van der Waals surface area contributed by atoms with E-state index < -0.39 is 0 Å². The molecule has 0 aliphatic rings. The summed E-state index contributed by atoms with van der Waals surface area (Å²) in [6.07, 6.45) is 6.73. The lowest BCUT2D eigenvalue weighted by atomic mass is 10.2. The molecule has 2 amide bonds. The highest BCUT2D eigenvalue weighted by Crippen LogP contribution is 2.11. The Labute approximate surface area is 130 Å². The van der Waals surface area contributed by atoms with Crippen LogP contribution in [0.5, 0.6) is 0 Å². The molecule has 0 heterocycles. The van der Waals surface area contributed by atoms with Crippen LogP contribution in [0.25, 0.3) is 6.08 Å². The molecule has 3 nitrogen and oxygen atoms in total. The molecule has 0 saturated carbocycles. The Morgan fingerprint density at radius 3 is 2.50 bits per heavy atom. The van der Waals surface area contributed by atoms with Crippen LogP contribution in [-0.4, -0.2) is 24.0 Å². The summed E-state index contributed by atoms with van der Waals surface area (Å²) in [7, 11) is 0. The largest absolute Gasteiger partial charge is 0.325 e. The standard InChI is InChI=1S/C16H23BrN2O/c1-3-5-13-19(12-4-2)16(20)18-11-10-14-6-8-15(17)9-7-14/h6-11H,3-5,12-13H2,1-2H3,(H,18,20)/b11-10+. The van der Waals surface area contributed by atoms with Crippen LogP contribution >= 0.6 is 15.9 Å². The number of unbranched alkanes of at least 4 members (excludes halogenated alkanes) is 1. The Morgan fingerprint density at radius 1 is 1.20 bits per heavy atom. The van der Waals surface area contributed by atoms with Crippen LogP contribution in [-0.2, 0) is 0 Å². The minimum absolute atomic E-state index is 0.0198. The highest BCUT2D eigenvalue weighted by Gasteiger charge is 2.09. The summed E-state index contributed by atoms with van der Waals surface area (Å²) in [4.78, 5) is 13.9. The molecule has 20 heavy (non-hydrogen) atoms. The molecule has 0 aliphatic heterocycles. The molecular formula is C16H23BrN2O. The highest BCUT2D eigenvalue weighted by atomic mass is 79.9. The molecule has 0 atom stereocenters. The van der Waals surface area contributed by atoms with E-state index in [0.717, 1.165) is 42.4 Å². The molecule has 0 spiro atoms. The molecular weight excluding hydrogens is 316 g/mol. The Balaban J connectivity index is 2.48. The number of hydrogen-bond donors (Lipinski definition) is 1. The Kier molecular flexibility index (Phi) is 8.04. The molecule has 4 heteroatoms. The SMILES string of the molecule is CCCCN(CCC)C(=O)N/C=C/c1ccc(Br)cc1.